The van der Waals surface area contributed by atoms with E-state index in [1.807, 2.05) is 0 Å². The van der Waals surface area contributed by atoms with Gasteiger partial charge in [0.15, 0.2) is 0 Å². The van der Waals surface area contributed by atoms with E-state index in [0.29, 0.717) is 17.5 Å². The van der Waals surface area contributed by atoms with Crippen molar-refractivity contribution >= 4 is 20.0 Å². The number of nitrogens with one attached hydrogen (secondary N) is 1. The summed E-state index contributed by atoms with van der Waals surface area (Å²) in [5.74, 6) is -0.134. The van der Waals surface area contributed by atoms with Gasteiger partial charge in [-0.1, -0.05) is 74.9 Å². The number of aryl methyl sites for hydroxylation is 1. The highest BCUT2D eigenvalue weighted by molar-refractivity contribution is 8.05. The van der Waals surface area contributed by atoms with Crippen LogP contribution in [0.3, 0.4) is 0 Å². The van der Waals surface area contributed by atoms with Gasteiger partial charge < -0.3 is 4.74 Å². The largest absolute Gasteiger partial charge is 0.512 e. The molecule has 0 fully saturated rings. The first kappa shape index (κ1) is 28.7. The maximum atomic E-state index is 12.6. The molecule has 0 aliphatic heterocycles. The molecule has 0 aromatic heterocycles. The van der Waals surface area contributed by atoms with Crippen molar-refractivity contribution in [2.75, 3.05) is 6.61 Å². The number of halogens is 3. The number of unbranched alkanes of at least 4 members (excludes halogenated alkanes) is 9. The topological polar surface area (TPSA) is 89.5 Å². The zero-order valence-electron chi connectivity index (χ0n) is 18.9. The molecular weight excluding hydrogens is 467 g/mol. The minimum absolute atomic E-state index is 0.134. The molecule has 0 bridgehead atoms. The van der Waals surface area contributed by atoms with Gasteiger partial charge in [-0.3, -0.25) is 0 Å². The normalized spacial score (nSPS) is 12.8. The lowest BCUT2D eigenvalue weighted by Gasteiger charge is -2.17. The summed E-state index contributed by atoms with van der Waals surface area (Å²) in [6.07, 6.45) is 11.0. The molecule has 0 saturated carbocycles. The minimum Gasteiger partial charge on any atom is -0.492 e. The van der Waals surface area contributed by atoms with E-state index < -0.39 is 30.5 Å². The monoisotopic (exact) mass is 501 g/mol. The van der Waals surface area contributed by atoms with Crippen LogP contribution >= 0.6 is 0 Å². The number of ether oxygens (including phenoxy) is 1. The van der Waals surface area contributed by atoms with E-state index in [4.69, 9.17) is 4.74 Å². The molecule has 0 heterocycles. The standard InChI is InChI=1S/C21H34F3NO5S2/c1-4-5-6-7-8-9-10-11-12-13-16-30-20-18(3)17(2)14-15-19(20)31(26,27)25-32(28,29)21(22,23)24/h14-15,25H,4-13,16H2,1-3H3. The number of benzene rings is 1. The van der Waals surface area contributed by atoms with E-state index in [-0.39, 0.29) is 12.4 Å². The molecule has 0 aliphatic carbocycles. The number of rotatable bonds is 15. The van der Waals surface area contributed by atoms with Crippen LogP contribution in [0.5, 0.6) is 5.75 Å². The fourth-order valence-electron chi connectivity index (χ4n) is 3.16. The quantitative estimate of drug-likeness (QED) is 0.310. The van der Waals surface area contributed by atoms with Crippen molar-refractivity contribution in [3.63, 3.8) is 0 Å². The van der Waals surface area contributed by atoms with E-state index in [9.17, 15) is 30.0 Å². The summed E-state index contributed by atoms with van der Waals surface area (Å²) >= 11 is 0. The molecule has 1 aromatic carbocycles. The van der Waals surface area contributed by atoms with Gasteiger partial charge in [0.05, 0.1) is 6.61 Å². The van der Waals surface area contributed by atoms with Crippen LogP contribution in [0.4, 0.5) is 13.2 Å². The van der Waals surface area contributed by atoms with Gasteiger partial charge in [0.25, 0.3) is 10.0 Å². The molecule has 0 radical (unpaired) electrons. The Morgan fingerprint density at radius 3 is 1.84 bits per heavy atom. The minimum atomic E-state index is -6.08. The Labute approximate surface area is 190 Å². The fourth-order valence-corrected chi connectivity index (χ4v) is 5.75. The van der Waals surface area contributed by atoms with Crippen molar-refractivity contribution in [2.24, 2.45) is 0 Å². The highest BCUT2D eigenvalue weighted by atomic mass is 32.3. The number of hydrogen-bond donors (Lipinski definition) is 1. The molecule has 1 N–H and O–H groups in total. The summed E-state index contributed by atoms with van der Waals surface area (Å²) in [5.41, 5.74) is -4.67. The van der Waals surface area contributed by atoms with Gasteiger partial charge in [-0.2, -0.15) is 13.2 Å². The van der Waals surface area contributed by atoms with Crippen LogP contribution < -0.4 is 8.86 Å². The molecule has 6 nitrogen and oxygen atoms in total. The van der Waals surface area contributed by atoms with Crippen molar-refractivity contribution < 1.29 is 34.7 Å². The molecule has 0 spiro atoms. The second kappa shape index (κ2) is 12.8. The predicted molar refractivity (Wildman–Crippen MR) is 119 cm³/mol. The zero-order chi connectivity index (χ0) is 24.4. The van der Waals surface area contributed by atoms with Crippen molar-refractivity contribution in [3.8, 4) is 5.75 Å². The lowest BCUT2D eigenvalue weighted by molar-refractivity contribution is -0.0441. The number of alkyl halides is 3. The van der Waals surface area contributed by atoms with Gasteiger partial charge in [0, 0.05) is 0 Å². The van der Waals surface area contributed by atoms with Crippen molar-refractivity contribution in [1.82, 2.24) is 4.13 Å². The fraction of sp³-hybridized carbons (Fsp3) is 0.714. The Morgan fingerprint density at radius 1 is 0.844 bits per heavy atom. The van der Waals surface area contributed by atoms with E-state index in [1.54, 1.807) is 13.8 Å². The Bertz CT molecular complexity index is 929. The van der Waals surface area contributed by atoms with E-state index in [1.165, 1.54) is 44.6 Å². The van der Waals surface area contributed by atoms with Crippen LogP contribution in [0.1, 0.15) is 82.3 Å². The molecule has 186 valence electrons. The maximum absolute atomic E-state index is 12.6. The second-order valence-corrected chi connectivity index (χ2v) is 11.5. The highest BCUT2D eigenvalue weighted by Gasteiger charge is 2.48. The third kappa shape index (κ3) is 8.90. The molecule has 0 atom stereocenters. The van der Waals surface area contributed by atoms with Crippen LogP contribution in [-0.4, -0.2) is 29.0 Å². The van der Waals surface area contributed by atoms with E-state index >= 15 is 0 Å². The summed E-state index contributed by atoms with van der Waals surface area (Å²) in [5, 5.41) is 0. The van der Waals surface area contributed by atoms with Gasteiger partial charge >= 0.3 is 15.5 Å². The lowest BCUT2D eigenvalue weighted by Crippen LogP contribution is -2.40. The van der Waals surface area contributed by atoms with Gasteiger partial charge in [-0.25, -0.2) is 16.8 Å². The highest BCUT2D eigenvalue weighted by Crippen LogP contribution is 2.32. The Hall–Kier alpha value is -1.33. The van der Waals surface area contributed by atoms with Crippen molar-refractivity contribution in [2.45, 2.75) is 95.4 Å². The van der Waals surface area contributed by atoms with Gasteiger partial charge in [-0.05, 0) is 37.5 Å². The summed E-state index contributed by atoms with van der Waals surface area (Å²) in [4.78, 5) is -0.638. The third-order valence-corrected chi connectivity index (χ3v) is 8.46. The first-order chi connectivity index (χ1) is 14.8. The summed E-state index contributed by atoms with van der Waals surface area (Å²) in [6.45, 7) is 5.62. The summed E-state index contributed by atoms with van der Waals surface area (Å²) in [6, 6.07) is 2.43. The molecule has 0 amide bonds. The summed E-state index contributed by atoms with van der Waals surface area (Å²) in [7, 11) is -11.1. The lowest BCUT2D eigenvalue weighted by atomic mass is 10.1. The first-order valence-corrected chi connectivity index (χ1v) is 13.9. The molecule has 32 heavy (non-hydrogen) atoms. The molecule has 1 aromatic rings. The number of hydrogen-bond acceptors (Lipinski definition) is 5. The molecule has 11 heteroatoms. The third-order valence-electron chi connectivity index (χ3n) is 5.20. The Balaban J connectivity index is 2.70. The average molecular weight is 502 g/mol. The van der Waals surface area contributed by atoms with E-state index in [2.05, 4.69) is 6.92 Å². The summed E-state index contributed by atoms with van der Waals surface area (Å²) < 4.78 is 91.7. The van der Waals surface area contributed by atoms with Crippen LogP contribution in [-0.2, 0) is 20.0 Å². The molecular formula is C21H34F3NO5S2. The first-order valence-electron chi connectivity index (χ1n) is 10.9. The van der Waals surface area contributed by atoms with E-state index in [0.717, 1.165) is 29.5 Å². The predicted octanol–water partition coefficient (Wildman–Crippen LogP) is 5.73. The molecule has 0 aliphatic rings. The molecule has 0 saturated heterocycles. The van der Waals surface area contributed by atoms with Crippen LogP contribution in [0.15, 0.2) is 17.0 Å². The Morgan fingerprint density at radius 2 is 1.34 bits per heavy atom. The van der Waals surface area contributed by atoms with Crippen molar-refractivity contribution in [1.29, 1.82) is 0 Å². The van der Waals surface area contributed by atoms with Crippen LogP contribution in [0, 0.1) is 13.8 Å². The molecule has 0 unspecified atom stereocenters. The SMILES string of the molecule is CCCCCCCCCCCCOc1c(S(=O)(=O)NS(=O)(=O)C(F)(F)F)ccc(C)c1C. The Kier molecular flexibility index (Phi) is 11.5. The maximum Gasteiger partial charge on any atom is 0.512 e. The smallest absolute Gasteiger partial charge is 0.492 e. The molecule has 1 rings (SSSR count). The zero-order valence-corrected chi connectivity index (χ0v) is 20.6. The van der Waals surface area contributed by atoms with Gasteiger partial charge in [0.2, 0.25) is 0 Å². The van der Waals surface area contributed by atoms with Crippen LogP contribution in [0.2, 0.25) is 0 Å². The van der Waals surface area contributed by atoms with Crippen LogP contribution in [0.25, 0.3) is 0 Å². The average Bonchev–Trinajstić information content (AvgIpc) is 2.67. The number of sulfonamides is 2. The van der Waals surface area contributed by atoms with Crippen molar-refractivity contribution in [3.05, 3.63) is 23.3 Å². The second-order valence-electron chi connectivity index (χ2n) is 7.90. The van der Waals surface area contributed by atoms with Gasteiger partial charge in [0.1, 0.15) is 10.6 Å². The van der Waals surface area contributed by atoms with Gasteiger partial charge in [-0.15, -0.1) is 0 Å².